The summed E-state index contributed by atoms with van der Waals surface area (Å²) in [5, 5.41) is 0. The van der Waals surface area contributed by atoms with Gasteiger partial charge in [-0.3, -0.25) is 0 Å². The highest BCUT2D eigenvalue weighted by Gasteiger charge is 2.29. The predicted octanol–water partition coefficient (Wildman–Crippen LogP) is 4.03. The van der Waals surface area contributed by atoms with E-state index in [4.69, 9.17) is 4.84 Å². The maximum Gasteiger partial charge on any atom is 0.416 e. The minimum Gasteiger partial charge on any atom is -0.412 e. The Kier molecular flexibility index (Phi) is 3.98. The fraction of sp³-hybridized carbons (Fsp3) is 0.235. The lowest BCUT2D eigenvalue weighted by atomic mass is 10.1. The SMILES string of the molecule is Cc1nc2ccccc2n1OCCc1ccc(C(F)(F)F)cc1. The van der Waals surface area contributed by atoms with Crippen molar-refractivity contribution in [2.75, 3.05) is 6.61 Å². The predicted molar refractivity (Wildman–Crippen MR) is 81.1 cm³/mol. The van der Waals surface area contributed by atoms with Crippen molar-refractivity contribution >= 4 is 11.0 Å². The molecule has 0 radical (unpaired) electrons. The molecule has 3 aromatic rings. The van der Waals surface area contributed by atoms with Crippen molar-refractivity contribution in [3.05, 3.63) is 65.5 Å². The van der Waals surface area contributed by atoms with Gasteiger partial charge < -0.3 is 4.84 Å². The fourth-order valence-corrected chi connectivity index (χ4v) is 2.40. The van der Waals surface area contributed by atoms with Crippen molar-refractivity contribution in [3.8, 4) is 0 Å². The molecule has 0 spiro atoms. The number of fused-ring (bicyclic) bond motifs is 1. The summed E-state index contributed by atoms with van der Waals surface area (Å²) in [4.78, 5) is 10.1. The molecular formula is C17H15F3N2O. The monoisotopic (exact) mass is 320 g/mol. The van der Waals surface area contributed by atoms with Gasteiger partial charge in [0.1, 0.15) is 17.9 Å². The van der Waals surface area contributed by atoms with E-state index in [2.05, 4.69) is 4.98 Å². The molecule has 0 atom stereocenters. The van der Waals surface area contributed by atoms with Crippen LogP contribution in [-0.2, 0) is 12.6 Å². The van der Waals surface area contributed by atoms with Crippen LogP contribution in [-0.4, -0.2) is 16.3 Å². The van der Waals surface area contributed by atoms with Crippen molar-refractivity contribution in [3.63, 3.8) is 0 Å². The molecule has 0 unspecified atom stereocenters. The minimum atomic E-state index is -4.30. The van der Waals surface area contributed by atoms with Gasteiger partial charge in [0.05, 0.1) is 11.1 Å². The normalized spacial score (nSPS) is 11.8. The molecule has 1 heterocycles. The number of alkyl halides is 3. The quantitative estimate of drug-likeness (QED) is 0.725. The van der Waals surface area contributed by atoms with E-state index in [1.54, 1.807) is 4.73 Å². The molecule has 1 aromatic heterocycles. The van der Waals surface area contributed by atoms with Crippen LogP contribution in [0, 0.1) is 6.92 Å². The largest absolute Gasteiger partial charge is 0.416 e. The Morgan fingerprint density at radius 2 is 1.74 bits per heavy atom. The number of benzene rings is 2. The molecule has 0 amide bonds. The number of imidazole rings is 1. The molecule has 23 heavy (non-hydrogen) atoms. The van der Waals surface area contributed by atoms with E-state index in [0.717, 1.165) is 34.6 Å². The topological polar surface area (TPSA) is 27.1 Å². The number of rotatable bonds is 4. The second kappa shape index (κ2) is 5.95. The van der Waals surface area contributed by atoms with Gasteiger partial charge in [0.2, 0.25) is 0 Å². The van der Waals surface area contributed by atoms with E-state index in [1.165, 1.54) is 12.1 Å². The van der Waals surface area contributed by atoms with Gasteiger partial charge in [-0.2, -0.15) is 17.9 Å². The van der Waals surface area contributed by atoms with Crippen LogP contribution in [0.4, 0.5) is 13.2 Å². The first-order valence-corrected chi connectivity index (χ1v) is 7.18. The standard InChI is InChI=1S/C17H15F3N2O/c1-12-21-15-4-2-3-5-16(15)22(12)23-11-10-13-6-8-14(9-7-13)17(18,19)20/h2-9H,10-11H2,1H3. The molecule has 6 heteroatoms. The van der Waals surface area contributed by atoms with Gasteiger partial charge in [-0.15, -0.1) is 0 Å². The van der Waals surface area contributed by atoms with Crippen LogP contribution < -0.4 is 4.84 Å². The maximum absolute atomic E-state index is 12.5. The first-order valence-electron chi connectivity index (χ1n) is 7.18. The van der Waals surface area contributed by atoms with Crippen LogP contribution in [0.15, 0.2) is 48.5 Å². The third kappa shape index (κ3) is 3.31. The number of para-hydroxylation sites is 2. The Bertz CT molecular complexity index is 807. The third-order valence-corrected chi connectivity index (χ3v) is 3.57. The Labute approximate surface area is 131 Å². The summed E-state index contributed by atoms with van der Waals surface area (Å²) in [5.41, 5.74) is 1.87. The molecule has 0 aliphatic carbocycles. The zero-order chi connectivity index (χ0) is 16.4. The zero-order valence-electron chi connectivity index (χ0n) is 12.5. The van der Waals surface area contributed by atoms with Gasteiger partial charge >= 0.3 is 6.18 Å². The Balaban J connectivity index is 1.66. The highest BCUT2D eigenvalue weighted by atomic mass is 19.4. The first kappa shape index (κ1) is 15.4. The molecule has 3 nitrogen and oxygen atoms in total. The van der Waals surface area contributed by atoms with E-state index < -0.39 is 11.7 Å². The molecular weight excluding hydrogens is 305 g/mol. The number of halogens is 3. The van der Waals surface area contributed by atoms with Gasteiger partial charge in [-0.25, -0.2) is 4.98 Å². The minimum absolute atomic E-state index is 0.354. The van der Waals surface area contributed by atoms with Crippen LogP contribution in [0.25, 0.3) is 11.0 Å². The molecule has 0 fully saturated rings. The van der Waals surface area contributed by atoms with Crippen LogP contribution in [0.1, 0.15) is 17.0 Å². The molecule has 3 rings (SSSR count). The highest BCUT2D eigenvalue weighted by molar-refractivity contribution is 5.75. The summed E-state index contributed by atoms with van der Waals surface area (Å²) in [7, 11) is 0. The van der Waals surface area contributed by atoms with Crippen LogP contribution in [0.5, 0.6) is 0 Å². The number of hydrogen-bond acceptors (Lipinski definition) is 2. The molecule has 0 saturated carbocycles. The second-order valence-corrected chi connectivity index (χ2v) is 5.22. The van der Waals surface area contributed by atoms with E-state index in [0.29, 0.717) is 13.0 Å². The summed E-state index contributed by atoms with van der Waals surface area (Å²) in [6.45, 7) is 2.20. The average molecular weight is 320 g/mol. The van der Waals surface area contributed by atoms with Gasteiger partial charge in [0.25, 0.3) is 0 Å². The lowest BCUT2D eigenvalue weighted by Crippen LogP contribution is -2.16. The van der Waals surface area contributed by atoms with Crippen molar-refractivity contribution in [1.82, 2.24) is 9.71 Å². The molecule has 0 aliphatic heterocycles. The van der Waals surface area contributed by atoms with Crippen molar-refractivity contribution in [2.24, 2.45) is 0 Å². The van der Waals surface area contributed by atoms with Gasteiger partial charge in [-0.1, -0.05) is 24.3 Å². The lowest BCUT2D eigenvalue weighted by molar-refractivity contribution is -0.137. The van der Waals surface area contributed by atoms with E-state index in [1.807, 2.05) is 31.2 Å². The maximum atomic E-state index is 12.5. The van der Waals surface area contributed by atoms with Crippen molar-refractivity contribution < 1.29 is 18.0 Å². The fourth-order valence-electron chi connectivity index (χ4n) is 2.40. The summed E-state index contributed by atoms with van der Waals surface area (Å²) in [5.74, 6) is 0.735. The molecule has 0 saturated heterocycles. The molecule has 0 N–H and O–H groups in total. The van der Waals surface area contributed by atoms with Crippen molar-refractivity contribution in [1.29, 1.82) is 0 Å². The molecule has 0 bridgehead atoms. The number of nitrogens with zero attached hydrogens (tertiary/aromatic N) is 2. The first-order chi connectivity index (χ1) is 10.9. The number of aryl methyl sites for hydroxylation is 1. The van der Waals surface area contributed by atoms with Crippen LogP contribution in [0.3, 0.4) is 0 Å². The molecule has 2 aromatic carbocycles. The van der Waals surface area contributed by atoms with Crippen molar-refractivity contribution in [2.45, 2.75) is 19.5 Å². The molecule has 120 valence electrons. The summed E-state index contributed by atoms with van der Waals surface area (Å²) < 4.78 is 39.2. The van der Waals surface area contributed by atoms with Gasteiger partial charge in [0, 0.05) is 6.42 Å². The molecule has 0 aliphatic rings. The van der Waals surface area contributed by atoms with E-state index in [9.17, 15) is 13.2 Å². The average Bonchev–Trinajstić information content (AvgIpc) is 2.83. The number of hydrogen-bond donors (Lipinski definition) is 0. The van der Waals surface area contributed by atoms with Crippen LogP contribution in [0.2, 0.25) is 0 Å². The number of aromatic nitrogens is 2. The smallest absolute Gasteiger partial charge is 0.412 e. The van der Waals surface area contributed by atoms with E-state index in [-0.39, 0.29) is 0 Å². The van der Waals surface area contributed by atoms with Crippen LogP contribution >= 0.6 is 0 Å². The Morgan fingerprint density at radius 3 is 2.43 bits per heavy atom. The zero-order valence-corrected chi connectivity index (χ0v) is 12.5. The Hall–Kier alpha value is -2.50. The summed E-state index contributed by atoms with van der Waals surface area (Å²) in [6.07, 6.45) is -3.79. The Morgan fingerprint density at radius 1 is 1.04 bits per heavy atom. The highest BCUT2D eigenvalue weighted by Crippen LogP contribution is 2.29. The second-order valence-electron chi connectivity index (χ2n) is 5.22. The van der Waals surface area contributed by atoms with Gasteiger partial charge in [0.15, 0.2) is 0 Å². The van der Waals surface area contributed by atoms with E-state index >= 15 is 0 Å². The lowest BCUT2D eigenvalue weighted by Gasteiger charge is -2.10. The summed E-state index contributed by atoms with van der Waals surface area (Å²) in [6, 6.07) is 12.8. The third-order valence-electron chi connectivity index (χ3n) is 3.57. The summed E-state index contributed by atoms with van der Waals surface area (Å²) >= 11 is 0. The van der Waals surface area contributed by atoms with Gasteiger partial charge in [-0.05, 0) is 36.8 Å².